The molecule has 0 unspecified atom stereocenters. The molecule has 35 heavy (non-hydrogen) atoms. The van der Waals surface area contributed by atoms with Crippen molar-refractivity contribution in [3.05, 3.63) is 66.7 Å². The van der Waals surface area contributed by atoms with E-state index >= 15 is 0 Å². The van der Waals surface area contributed by atoms with Gasteiger partial charge in [-0.15, -0.1) is 0 Å². The Hall–Kier alpha value is -3.18. The number of hydrogen-bond acceptors (Lipinski definition) is 4. The lowest BCUT2D eigenvalue weighted by Crippen LogP contribution is -2.27. The molecule has 0 aliphatic carbocycles. The first-order chi connectivity index (χ1) is 16.7. The molecule has 0 bridgehead atoms. The normalized spacial score (nSPS) is 14.7. The van der Waals surface area contributed by atoms with Crippen molar-refractivity contribution in [2.75, 3.05) is 13.1 Å². The second-order valence-electron chi connectivity index (χ2n) is 8.22. The number of H-pyrrole nitrogens is 1. The molecule has 1 N–H and O–H groups in total. The molecule has 0 atom stereocenters. The zero-order valence-corrected chi connectivity index (χ0v) is 20.0. The van der Waals surface area contributed by atoms with Gasteiger partial charge in [0.1, 0.15) is 5.65 Å². The molecule has 1 saturated heterocycles. The molecule has 1 fully saturated rings. The summed E-state index contributed by atoms with van der Waals surface area (Å²) >= 11 is 0. The van der Waals surface area contributed by atoms with Crippen molar-refractivity contribution >= 4 is 21.1 Å². The zero-order chi connectivity index (χ0) is 25.1. The smallest absolute Gasteiger partial charge is 0.342 e. The minimum atomic E-state index is -3.96. The zero-order valence-electron chi connectivity index (χ0n) is 19.2. The Labute approximate surface area is 201 Å². The highest BCUT2D eigenvalue weighted by Crippen LogP contribution is 2.30. The molecule has 3 aromatic heterocycles. The van der Waals surface area contributed by atoms with Gasteiger partial charge in [0, 0.05) is 49.2 Å². The summed E-state index contributed by atoms with van der Waals surface area (Å²) < 4.78 is 61.3. The molecule has 4 aromatic rings. The third kappa shape index (κ3) is 5.91. The first-order valence-corrected chi connectivity index (χ1v) is 12.7. The van der Waals surface area contributed by atoms with Gasteiger partial charge in [-0.2, -0.15) is 22.6 Å². The van der Waals surface area contributed by atoms with E-state index in [2.05, 4.69) is 21.1 Å². The summed E-state index contributed by atoms with van der Waals surface area (Å²) in [6.45, 7) is 2.94. The van der Waals surface area contributed by atoms with E-state index in [0.717, 1.165) is 47.6 Å². The van der Waals surface area contributed by atoms with E-state index in [4.69, 9.17) is 0 Å². The SMILES string of the molecule is CCC(F)(F)F.O=S(=O)(c1ccc(-c2ccnc3[nH]c(Cn4cccn4)cc23)cc1)N1CCCC1. The molecule has 4 heterocycles. The van der Waals surface area contributed by atoms with Crippen LogP contribution in [0.15, 0.2) is 66.0 Å². The third-order valence-electron chi connectivity index (χ3n) is 5.75. The monoisotopic (exact) mass is 505 g/mol. The number of benzene rings is 1. The quantitative estimate of drug-likeness (QED) is 0.403. The topological polar surface area (TPSA) is 83.9 Å². The van der Waals surface area contributed by atoms with Crippen LogP contribution in [0.5, 0.6) is 0 Å². The van der Waals surface area contributed by atoms with Gasteiger partial charge in [0.05, 0.1) is 11.4 Å². The van der Waals surface area contributed by atoms with Gasteiger partial charge in [-0.1, -0.05) is 19.1 Å². The fourth-order valence-electron chi connectivity index (χ4n) is 3.87. The molecule has 0 saturated carbocycles. The van der Waals surface area contributed by atoms with Crippen LogP contribution in [0.1, 0.15) is 31.9 Å². The summed E-state index contributed by atoms with van der Waals surface area (Å²) in [6.07, 6.45) is 2.61. The molecule has 1 aliphatic rings. The predicted molar refractivity (Wildman–Crippen MR) is 127 cm³/mol. The molecule has 0 spiro atoms. The molecule has 1 aromatic carbocycles. The van der Waals surface area contributed by atoms with E-state index in [9.17, 15) is 21.6 Å². The minimum Gasteiger partial charge on any atom is -0.342 e. The minimum absolute atomic E-state index is 0.349. The average Bonchev–Trinajstić information content (AvgIpc) is 3.61. The van der Waals surface area contributed by atoms with Gasteiger partial charge in [-0.3, -0.25) is 4.68 Å². The Morgan fingerprint density at radius 3 is 2.34 bits per heavy atom. The first kappa shape index (κ1) is 24.9. The standard InChI is InChI=1S/C21H21N5O2S.C3H5F3/c27-29(28,26-12-1-2-13-26)18-6-4-16(5-7-18)19-8-10-22-21-20(19)14-17(24-21)15-25-11-3-9-23-25;1-2-3(4,5)6/h3-11,14H,1-2,12-13,15H2,(H,22,24);2H2,1H3. The Kier molecular flexibility index (Phi) is 7.27. The number of alkyl halides is 3. The highest BCUT2D eigenvalue weighted by molar-refractivity contribution is 7.89. The van der Waals surface area contributed by atoms with Crippen LogP contribution in [0.4, 0.5) is 13.2 Å². The van der Waals surface area contributed by atoms with Crippen molar-refractivity contribution in [3.63, 3.8) is 0 Å². The molecule has 7 nitrogen and oxygen atoms in total. The second-order valence-corrected chi connectivity index (χ2v) is 10.2. The van der Waals surface area contributed by atoms with Crippen LogP contribution in [-0.4, -0.2) is 51.7 Å². The largest absolute Gasteiger partial charge is 0.388 e. The number of sulfonamides is 1. The number of aromatic amines is 1. The Morgan fingerprint density at radius 2 is 1.74 bits per heavy atom. The lowest BCUT2D eigenvalue weighted by atomic mass is 10.0. The maximum atomic E-state index is 12.8. The van der Waals surface area contributed by atoms with Crippen molar-refractivity contribution in [2.45, 2.75) is 43.8 Å². The number of pyridine rings is 1. The fraction of sp³-hybridized carbons (Fsp3) is 0.333. The van der Waals surface area contributed by atoms with Gasteiger partial charge >= 0.3 is 6.18 Å². The van der Waals surface area contributed by atoms with Crippen molar-refractivity contribution < 1.29 is 21.6 Å². The molecule has 1 aliphatic heterocycles. The second kappa shape index (κ2) is 10.2. The van der Waals surface area contributed by atoms with Crippen molar-refractivity contribution in [1.82, 2.24) is 24.1 Å². The van der Waals surface area contributed by atoms with Gasteiger partial charge in [0.25, 0.3) is 0 Å². The fourth-order valence-corrected chi connectivity index (χ4v) is 5.39. The van der Waals surface area contributed by atoms with E-state index in [-0.39, 0.29) is 0 Å². The molecule has 5 rings (SSSR count). The predicted octanol–water partition coefficient (Wildman–Crippen LogP) is 5.22. The van der Waals surface area contributed by atoms with Gasteiger partial charge in [0.2, 0.25) is 10.0 Å². The van der Waals surface area contributed by atoms with E-state index in [1.165, 1.54) is 0 Å². The molecule has 0 radical (unpaired) electrons. The number of rotatable bonds is 5. The number of halogens is 3. The Morgan fingerprint density at radius 1 is 1.06 bits per heavy atom. The van der Waals surface area contributed by atoms with Crippen LogP contribution in [0.3, 0.4) is 0 Å². The van der Waals surface area contributed by atoms with Crippen LogP contribution >= 0.6 is 0 Å². The average molecular weight is 506 g/mol. The van der Waals surface area contributed by atoms with E-state index in [1.807, 2.05) is 35.1 Å². The Bertz CT molecular complexity index is 1360. The van der Waals surface area contributed by atoms with Gasteiger partial charge in [-0.25, -0.2) is 13.4 Å². The molecule has 11 heteroatoms. The summed E-state index contributed by atoms with van der Waals surface area (Å²) in [7, 11) is -3.40. The number of nitrogens with zero attached hydrogens (tertiary/aromatic N) is 4. The lowest BCUT2D eigenvalue weighted by molar-refractivity contribution is -0.130. The van der Waals surface area contributed by atoms with E-state index in [1.54, 1.807) is 28.8 Å². The van der Waals surface area contributed by atoms with Crippen LogP contribution in [0.2, 0.25) is 0 Å². The number of hydrogen-bond donors (Lipinski definition) is 1. The maximum Gasteiger partial charge on any atom is 0.388 e. The van der Waals surface area contributed by atoms with E-state index < -0.39 is 22.6 Å². The summed E-state index contributed by atoms with van der Waals surface area (Å²) in [5.41, 5.74) is 3.79. The van der Waals surface area contributed by atoms with Crippen LogP contribution in [0.25, 0.3) is 22.2 Å². The number of aromatic nitrogens is 4. The summed E-state index contributed by atoms with van der Waals surface area (Å²) in [6, 6.07) is 13.1. The molecular weight excluding hydrogens is 479 g/mol. The van der Waals surface area contributed by atoms with Crippen LogP contribution in [-0.2, 0) is 16.6 Å². The molecular formula is C24H26F3N5O2S. The van der Waals surface area contributed by atoms with E-state index in [0.29, 0.717) is 24.5 Å². The van der Waals surface area contributed by atoms with Crippen molar-refractivity contribution in [2.24, 2.45) is 0 Å². The van der Waals surface area contributed by atoms with Crippen LogP contribution in [0, 0.1) is 0 Å². The first-order valence-electron chi connectivity index (χ1n) is 11.3. The van der Waals surface area contributed by atoms with Gasteiger partial charge in [0.15, 0.2) is 0 Å². The van der Waals surface area contributed by atoms with Crippen molar-refractivity contribution in [1.29, 1.82) is 0 Å². The molecule has 0 amide bonds. The summed E-state index contributed by atoms with van der Waals surface area (Å²) in [4.78, 5) is 8.13. The Balaban J connectivity index is 0.000000431. The lowest BCUT2D eigenvalue weighted by Gasteiger charge is -2.15. The summed E-state index contributed by atoms with van der Waals surface area (Å²) in [5.74, 6) is 0. The highest BCUT2D eigenvalue weighted by atomic mass is 32.2. The maximum absolute atomic E-state index is 12.8. The van der Waals surface area contributed by atoms with Crippen molar-refractivity contribution in [3.8, 4) is 11.1 Å². The van der Waals surface area contributed by atoms with Gasteiger partial charge in [-0.05, 0) is 54.3 Å². The van der Waals surface area contributed by atoms with Gasteiger partial charge < -0.3 is 4.98 Å². The number of fused-ring (bicyclic) bond motifs is 1. The molecule has 186 valence electrons. The van der Waals surface area contributed by atoms with Crippen LogP contribution < -0.4 is 0 Å². The summed E-state index contributed by atoms with van der Waals surface area (Å²) in [5, 5.41) is 5.25. The third-order valence-corrected chi connectivity index (χ3v) is 7.66. The number of nitrogens with one attached hydrogen (secondary N) is 1. The highest BCUT2D eigenvalue weighted by Gasteiger charge is 2.27.